The number of benzene rings is 1. The number of para-hydroxylation sites is 1. The lowest BCUT2D eigenvalue weighted by Gasteiger charge is -2.17. The van der Waals surface area contributed by atoms with Crippen molar-refractivity contribution in [3.63, 3.8) is 0 Å². The monoisotopic (exact) mass is 416 g/mol. The Balaban J connectivity index is 1.92. The van der Waals surface area contributed by atoms with E-state index in [0.29, 0.717) is 0 Å². The van der Waals surface area contributed by atoms with E-state index in [1.54, 1.807) is 6.92 Å². The molecule has 1 amide bonds. The molecule has 1 aliphatic rings. The van der Waals surface area contributed by atoms with Crippen LogP contribution in [-0.2, 0) is 25.3 Å². The van der Waals surface area contributed by atoms with Crippen molar-refractivity contribution < 1.29 is 37.2 Å². The number of hydrogen-bond acceptors (Lipinski definition) is 6. The lowest BCUT2D eigenvalue weighted by Crippen LogP contribution is -2.28. The minimum atomic E-state index is -4.67. The number of Topliss-reactive ketones (excluding diaryl/α,β-unsaturated/α-hetero) is 1. The van der Waals surface area contributed by atoms with E-state index in [4.69, 9.17) is 4.74 Å². The van der Waals surface area contributed by atoms with Gasteiger partial charge in [0, 0.05) is 23.2 Å². The third kappa shape index (κ3) is 6.00. The van der Waals surface area contributed by atoms with Crippen LogP contribution in [0.25, 0.3) is 0 Å². The van der Waals surface area contributed by atoms with Crippen LogP contribution in [0.15, 0.2) is 24.3 Å². The van der Waals surface area contributed by atoms with Gasteiger partial charge in [-0.05, 0) is 18.1 Å². The van der Waals surface area contributed by atoms with Crippen molar-refractivity contribution in [1.29, 1.82) is 0 Å². The summed E-state index contributed by atoms with van der Waals surface area (Å²) in [5.41, 5.74) is -1.53. The first-order chi connectivity index (χ1) is 13.5. The van der Waals surface area contributed by atoms with Crippen LogP contribution in [0.4, 0.5) is 18.9 Å². The van der Waals surface area contributed by atoms with Crippen LogP contribution in [0, 0.1) is 27.9 Å². The molecule has 1 aromatic rings. The molecule has 8 nitrogen and oxygen atoms in total. The van der Waals surface area contributed by atoms with Crippen LogP contribution in [0.1, 0.15) is 25.3 Å². The van der Waals surface area contributed by atoms with E-state index in [-0.39, 0.29) is 18.1 Å². The molecular weight excluding hydrogens is 397 g/mol. The Bertz CT molecular complexity index is 811. The van der Waals surface area contributed by atoms with E-state index in [0.717, 1.165) is 12.1 Å². The molecule has 0 bridgehead atoms. The summed E-state index contributed by atoms with van der Waals surface area (Å²) in [4.78, 5) is 46.0. The molecule has 0 heterocycles. The summed E-state index contributed by atoms with van der Waals surface area (Å²) in [6.45, 7) is 0.379. The molecule has 0 aromatic heterocycles. The lowest BCUT2D eigenvalue weighted by atomic mass is 9.88. The van der Waals surface area contributed by atoms with Gasteiger partial charge in [-0.3, -0.25) is 24.5 Å². The SMILES string of the molecule is C[C@@H]1CC(=O)[C@H](CC(=O)OCC(=O)Nc2ccccc2C(F)(F)F)[C@@H]1C[N+](=O)[O-]. The Morgan fingerprint density at radius 1 is 1.31 bits per heavy atom. The minimum absolute atomic E-state index is 0.116. The summed E-state index contributed by atoms with van der Waals surface area (Å²) in [5, 5.41) is 12.8. The first kappa shape index (κ1) is 22.3. The van der Waals surface area contributed by atoms with E-state index in [1.807, 2.05) is 5.32 Å². The van der Waals surface area contributed by atoms with Crippen LogP contribution < -0.4 is 5.32 Å². The van der Waals surface area contributed by atoms with Crippen LogP contribution >= 0.6 is 0 Å². The van der Waals surface area contributed by atoms with Gasteiger partial charge in [-0.1, -0.05) is 19.1 Å². The average molecular weight is 416 g/mol. The number of halogens is 3. The van der Waals surface area contributed by atoms with Crippen molar-refractivity contribution in [3.8, 4) is 0 Å². The highest BCUT2D eigenvalue weighted by atomic mass is 19.4. The number of rotatable bonds is 7. The van der Waals surface area contributed by atoms with Gasteiger partial charge in [-0.15, -0.1) is 0 Å². The number of carbonyl (C=O) groups excluding carboxylic acids is 3. The second-order valence-electron chi connectivity index (χ2n) is 6.89. The van der Waals surface area contributed by atoms with Gasteiger partial charge < -0.3 is 10.1 Å². The van der Waals surface area contributed by atoms with E-state index in [9.17, 15) is 37.7 Å². The average Bonchev–Trinajstić information content (AvgIpc) is 2.86. The zero-order chi connectivity index (χ0) is 21.8. The van der Waals surface area contributed by atoms with E-state index in [1.165, 1.54) is 12.1 Å². The second-order valence-corrected chi connectivity index (χ2v) is 6.89. The Kier molecular flexibility index (Phi) is 6.93. The van der Waals surface area contributed by atoms with Crippen LogP contribution in [0.5, 0.6) is 0 Å². The van der Waals surface area contributed by atoms with Crippen LogP contribution in [-0.4, -0.2) is 35.7 Å². The predicted molar refractivity (Wildman–Crippen MR) is 93.3 cm³/mol. The summed E-state index contributed by atoms with van der Waals surface area (Å²) in [6.07, 6.45) is -4.98. The van der Waals surface area contributed by atoms with Gasteiger partial charge in [-0.2, -0.15) is 13.2 Å². The maximum atomic E-state index is 12.9. The smallest absolute Gasteiger partial charge is 0.418 e. The molecule has 3 atom stereocenters. The normalized spacial score (nSPS) is 21.7. The third-order valence-electron chi connectivity index (χ3n) is 4.80. The highest BCUT2D eigenvalue weighted by molar-refractivity contribution is 5.94. The fourth-order valence-corrected chi connectivity index (χ4v) is 3.41. The Morgan fingerprint density at radius 2 is 1.97 bits per heavy atom. The number of amides is 1. The molecule has 0 radical (unpaired) electrons. The molecule has 1 N–H and O–H groups in total. The summed E-state index contributed by atoms with van der Waals surface area (Å²) < 4.78 is 43.5. The first-order valence-electron chi connectivity index (χ1n) is 8.75. The number of nitro groups is 1. The quantitative estimate of drug-likeness (QED) is 0.415. The van der Waals surface area contributed by atoms with Gasteiger partial charge in [0.1, 0.15) is 5.78 Å². The van der Waals surface area contributed by atoms with Crippen molar-refractivity contribution in [3.05, 3.63) is 39.9 Å². The zero-order valence-corrected chi connectivity index (χ0v) is 15.4. The predicted octanol–water partition coefficient (Wildman–Crippen LogP) is 2.70. The molecule has 1 aromatic carbocycles. The number of ether oxygens (including phenoxy) is 1. The van der Waals surface area contributed by atoms with E-state index >= 15 is 0 Å². The first-order valence-corrected chi connectivity index (χ1v) is 8.75. The third-order valence-corrected chi connectivity index (χ3v) is 4.80. The van der Waals surface area contributed by atoms with Crippen LogP contribution in [0.3, 0.4) is 0 Å². The number of nitrogens with one attached hydrogen (secondary N) is 1. The maximum Gasteiger partial charge on any atom is 0.418 e. The molecule has 11 heteroatoms. The van der Waals surface area contributed by atoms with Gasteiger partial charge in [-0.25, -0.2) is 0 Å². The standard InChI is InChI=1S/C18H19F3N2O6/c1-10-6-15(24)11(12(10)8-23(27)28)7-17(26)29-9-16(25)22-14-5-3-2-4-13(14)18(19,20)21/h2-5,10-12H,6-9H2,1H3,(H,22,25)/t10-,11-,12-/m1/s1. The molecule has 1 aliphatic carbocycles. The molecule has 2 rings (SSSR count). The topological polar surface area (TPSA) is 116 Å². The largest absolute Gasteiger partial charge is 0.456 e. The molecule has 0 unspecified atom stereocenters. The number of anilines is 1. The molecule has 0 spiro atoms. The van der Waals surface area contributed by atoms with Crippen molar-refractivity contribution in [2.24, 2.45) is 17.8 Å². The summed E-state index contributed by atoms with van der Waals surface area (Å²) >= 11 is 0. The Hall–Kier alpha value is -2.98. The molecule has 0 aliphatic heterocycles. The van der Waals surface area contributed by atoms with Gasteiger partial charge in [0.05, 0.1) is 17.7 Å². The number of hydrogen-bond donors (Lipinski definition) is 1. The molecule has 158 valence electrons. The van der Waals surface area contributed by atoms with Crippen molar-refractivity contribution in [1.82, 2.24) is 0 Å². The van der Waals surface area contributed by atoms with Gasteiger partial charge in [0.2, 0.25) is 6.54 Å². The highest BCUT2D eigenvalue weighted by Gasteiger charge is 2.44. The Labute approximate surface area is 163 Å². The van der Waals surface area contributed by atoms with Gasteiger partial charge in [0.25, 0.3) is 5.91 Å². The molecule has 0 saturated heterocycles. The number of carbonyl (C=O) groups is 3. The lowest BCUT2D eigenvalue weighted by molar-refractivity contribution is -0.490. The number of alkyl halides is 3. The van der Waals surface area contributed by atoms with Gasteiger partial charge >= 0.3 is 12.1 Å². The number of esters is 1. The number of ketones is 1. The highest BCUT2D eigenvalue weighted by Crippen LogP contribution is 2.37. The zero-order valence-electron chi connectivity index (χ0n) is 15.4. The fraction of sp³-hybridized carbons (Fsp3) is 0.500. The minimum Gasteiger partial charge on any atom is -0.456 e. The Morgan fingerprint density at radius 3 is 2.59 bits per heavy atom. The second kappa shape index (κ2) is 9.01. The molecule has 1 fully saturated rings. The molecule has 1 saturated carbocycles. The van der Waals surface area contributed by atoms with Crippen molar-refractivity contribution in [2.45, 2.75) is 25.9 Å². The summed E-state index contributed by atoms with van der Waals surface area (Å²) in [6, 6.07) is 4.33. The maximum absolute atomic E-state index is 12.9. The van der Waals surface area contributed by atoms with Crippen molar-refractivity contribution >= 4 is 23.3 Å². The molecule has 29 heavy (non-hydrogen) atoms. The number of nitrogens with zero attached hydrogens (tertiary/aromatic N) is 1. The van der Waals surface area contributed by atoms with E-state index in [2.05, 4.69) is 0 Å². The van der Waals surface area contributed by atoms with E-state index < -0.39 is 65.6 Å². The molecular formula is C18H19F3N2O6. The summed E-state index contributed by atoms with van der Waals surface area (Å²) in [7, 11) is 0. The van der Waals surface area contributed by atoms with Crippen molar-refractivity contribution in [2.75, 3.05) is 18.5 Å². The summed E-state index contributed by atoms with van der Waals surface area (Å²) in [5.74, 6) is -3.94. The van der Waals surface area contributed by atoms with Gasteiger partial charge in [0.15, 0.2) is 6.61 Å². The van der Waals surface area contributed by atoms with Crippen LogP contribution in [0.2, 0.25) is 0 Å². The fourth-order valence-electron chi connectivity index (χ4n) is 3.41.